The molecular formula is C21H28ClN3OS. The smallest absolute Gasteiger partial charge is 0.173 e. The van der Waals surface area contributed by atoms with Crippen molar-refractivity contribution in [2.24, 2.45) is 5.92 Å². The average Bonchev–Trinajstić information content (AvgIpc) is 3.16. The van der Waals surface area contributed by atoms with Gasteiger partial charge in [0, 0.05) is 13.1 Å². The molecule has 6 heteroatoms. The number of anilines is 1. The van der Waals surface area contributed by atoms with Crippen molar-refractivity contribution in [2.75, 3.05) is 31.5 Å². The number of nitrogens with one attached hydrogen (secondary N) is 1. The molecule has 0 radical (unpaired) electrons. The minimum Gasteiger partial charge on any atom is -0.467 e. The van der Waals surface area contributed by atoms with Crippen LogP contribution >= 0.6 is 23.8 Å². The predicted octanol–water partition coefficient (Wildman–Crippen LogP) is 5.25. The summed E-state index contributed by atoms with van der Waals surface area (Å²) in [4.78, 5) is 4.73. The summed E-state index contributed by atoms with van der Waals surface area (Å²) in [6, 6.07) is 11.6. The van der Waals surface area contributed by atoms with E-state index in [9.17, 15) is 0 Å². The maximum atomic E-state index is 6.27. The van der Waals surface area contributed by atoms with Crippen LogP contribution in [0.4, 0.5) is 5.69 Å². The second-order valence-corrected chi connectivity index (χ2v) is 8.11. The van der Waals surface area contributed by atoms with Crippen molar-refractivity contribution in [1.29, 1.82) is 0 Å². The van der Waals surface area contributed by atoms with E-state index >= 15 is 0 Å². The molecule has 3 rings (SSSR count). The van der Waals surface area contributed by atoms with Gasteiger partial charge in [0.05, 0.1) is 23.5 Å². The Morgan fingerprint density at radius 2 is 2.19 bits per heavy atom. The van der Waals surface area contributed by atoms with Crippen LogP contribution in [0.15, 0.2) is 47.1 Å². The SMILES string of the molecule is C[C@H]1CCCN(CCCN(Cc2ccco2)C(=S)Nc2ccccc2Cl)C1. The highest BCUT2D eigenvalue weighted by atomic mass is 35.5. The number of halogens is 1. The highest BCUT2D eigenvalue weighted by molar-refractivity contribution is 7.80. The Balaban J connectivity index is 1.58. The lowest BCUT2D eigenvalue weighted by Crippen LogP contribution is -2.39. The van der Waals surface area contributed by atoms with Gasteiger partial charge in [-0.3, -0.25) is 0 Å². The molecule has 0 bridgehead atoms. The van der Waals surface area contributed by atoms with Crippen LogP contribution in [0.25, 0.3) is 0 Å². The van der Waals surface area contributed by atoms with Gasteiger partial charge in [-0.1, -0.05) is 30.7 Å². The van der Waals surface area contributed by atoms with E-state index in [0.29, 0.717) is 16.7 Å². The molecule has 1 atom stereocenters. The quantitative estimate of drug-likeness (QED) is 0.635. The van der Waals surface area contributed by atoms with E-state index in [1.165, 1.54) is 25.9 Å². The van der Waals surface area contributed by atoms with Crippen molar-refractivity contribution < 1.29 is 4.42 Å². The minimum absolute atomic E-state index is 0.652. The lowest BCUT2D eigenvalue weighted by Gasteiger charge is -2.32. The third kappa shape index (κ3) is 6.23. The van der Waals surface area contributed by atoms with Crippen LogP contribution in [-0.4, -0.2) is 41.1 Å². The molecule has 0 saturated carbocycles. The summed E-state index contributed by atoms with van der Waals surface area (Å²) < 4.78 is 5.53. The number of thiocarbonyl (C=S) groups is 1. The molecule has 4 nitrogen and oxygen atoms in total. The summed E-state index contributed by atoms with van der Waals surface area (Å²) in [5.74, 6) is 1.71. The third-order valence-corrected chi connectivity index (χ3v) is 5.66. The Labute approximate surface area is 172 Å². The van der Waals surface area contributed by atoms with Crippen molar-refractivity contribution >= 4 is 34.6 Å². The van der Waals surface area contributed by atoms with Gasteiger partial charge in [0.25, 0.3) is 0 Å². The van der Waals surface area contributed by atoms with E-state index in [2.05, 4.69) is 22.0 Å². The lowest BCUT2D eigenvalue weighted by atomic mass is 10.0. The summed E-state index contributed by atoms with van der Waals surface area (Å²) in [5.41, 5.74) is 0.832. The van der Waals surface area contributed by atoms with Gasteiger partial charge in [0.2, 0.25) is 0 Å². The first kappa shape index (κ1) is 20.2. The largest absolute Gasteiger partial charge is 0.467 e. The lowest BCUT2D eigenvalue weighted by molar-refractivity contribution is 0.177. The van der Waals surface area contributed by atoms with Crippen molar-refractivity contribution in [2.45, 2.75) is 32.7 Å². The highest BCUT2D eigenvalue weighted by Crippen LogP contribution is 2.21. The van der Waals surface area contributed by atoms with Crippen LogP contribution in [0.3, 0.4) is 0 Å². The van der Waals surface area contributed by atoms with Gasteiger partial charge in [0.1, 0.15) is 5.76 Å². The van der Waals surface area contributed by atoms with E-state index < -0.39 is 0 Å². The maximum Gasteiger partial charge on any atom is 0.173 e. The minimum atomic E-state index is 0.652. The number of rotatable bonds is 7. The van der Waals surface area contributed by atoms with Crippen LogP contribution in [0.2, 0.25) is 5.02 Å². The van der Waals surface area contributed by atoms with Gasteiger partial charge < -0.3 is 19.5 Å². The normalized spacial score (nSPS) is 17.6. The average molecular weight is 406 g/mol. The number of benzene rings is 1. The fraction of sp³-hybridized carbons (Fsp3) is 0.476. The number of piperidine rings is 1. The number of hydrogen-bond donors (Lipinski definition) is 1. The van der Waals surface area contributed by atoms with E-state index in [4.69, 9.17) is 28.2 Å². The Hall–Kier alpha value is -1.56. The van der Waals surface area contributed by atoms with Gasteiger partial charge in [-0.15, -0.1) is 0 Å². The molecule has 1 aromatic heterocycles. The van der Waals surface area contributed by atoms with Crippen LogP contribution in [0.5, 0.6) is 0 Å². The number of hydrogen-bond acceptors (Lipinski definition) is 3. The van der Waals surface area contributed by atoms with Gasteiger partial charge >= 0.3 is 0 Å². The molecule has 2 aromatic rings. The van der Waals surface area contributed by atoms with Crippen LogP contribution in [0.1, 0.15) is 31.9 Å². The molecule has 146 valence electrons. The summed E-state index contributed by atoms with van der Waals surface area (Å²) >= 11 is 11.9. The zero-order valence-electron chi connectivity index (χ0n) is 15.9. The van der Waals surface area contributed by atoms with Crippen molar-refractivity contribution in [3.05, 3.63) is 53.4 Å². The molecule has 1 saturated heterocycles. The molecule has 1 fully saturated rings. The topological polar surface area (TPSA) is 31.6 Å². The number of para-hydroxylation sites is 1. The monoisotopic (exact) mass is 405 g/mol. The van der Waals surface area contributed by atoms with E-state index in [1.54, 1.807) is 6.26 Å². The second kappa shape index (κ2) is 10.1. The summed E-state index contributed by atoms with van der Waals surface area (Å²) in [5, 5.41) is 4.63. The van der Waals surface area contributed by atoms with E-state index in [-0.39, 0.29) is 0 Å². The molecular weight excluding hydrogens is 378 g/mol. The van der Waals surface area contributed by atoms with Gasteiger partial charge in [-0.05, 0) is 74.8 Å². The fourth-order valence-corrected chi connectivity index (χ4v) is 4.02. The van der Waals surface area contributed by atoms with Gasteiger partial charge in [0.15, 0.2) is 5.11 Å². The van der Waals surface area contributed by atoms with Gasteiger partial charge in [-0.25, -0.2) is 0 Å². The molecule has 1 aliphatic rings. The molecule has 27 heavy (non-hydrogen) atoms. The zero-order valence-corrected chi connectivity index (χ0v) is 17.4. The molecule has 0 amide bonds. The van der Waals surface area contributed by atoms with E-state index in [1.807, 2.05) is 36.4 Å². The fourth-order valence-electron chi connectivity index (χ4n) is 3.57. The molecule has 2 heterocycles. The van der Waals surface area contributed by atoms with Crippen molar-refractivity contribution in [3.63, 3.8) is 0 Å². The number of furan rings is 1. The van der Waals surface area contributed by atoms with E-state index in [0.717, 1.165) is 36.9 Å². The molecule has 0 spiro atoms. The Bertz CT molecular complexity index is 722. The van der Waals surface area contributed by atoms with Crippen LogP contribution in [-0.2, 0) is 6.54 Å². The Morgan fingerprint density at radius 3 is 2.93 bits per heavy atom. The van der Waals surface area contributed by atoms with Crippen molar-refractivity contribution in [1.82, 2.24) is 9.80 Å². The first-order chi connectivity index (χ1) is 13.1. The number of nitrogens with zero attached hydrogens (tertiary/aromatic N) is 2. The summed E-state index contributed by atoms with van der Waals surface area (Å²) in [6.45, 7) is 7.40. The maximum absolute atomic E-state index is 6.27. The Kier molecular flexibility index (Phi) is 7.56. The highest BCUT2D eigenvalue weighted by Gasteiger charge is 2.17. The standard InChI is InChI=1S/C21H28ClN3OS/c1-17-7-4-11-24(15-17)12-6-13-25(16-18-8-5-14-26-18)21(27)23-20-10-3-2-9-19(20)22/h2-3,5,8-10,14,17H,4,6-7,11-13,15-16H2,1H3,(H,23,27)/t17-/m0/s1. The molecule has 1 aliphatic heterocycles. The first-order valence-corrected chi connectivity index (χ1v) is 10.5. The molecule has 0 unspecified atom stereocenters. The van der Waals surface area contributed by atoms with Gasteiger partial charge in [-0.2, -0.15) is 0 Å². The number of likely N-dealkylation sites (tertiary alicyclic amines) is 1. The zero-order chi connectivity index (χ0) is 19.1. The molecule has 1 N–H and O–H groups in total. The molecule has 0 aliphatic carbocycles. The second-order valence-electron chi connectivity index (χ2n) is 7.31. The predicted molar refractivity (Wildman–Crippen MR) is 116 cm³/mol. The first-order valence-electron chi connectivity index (χ1n) is 9.67. The molecule has 1 aromatic carbocycles. The third-order valence-electron chi connectivity index (χ3n) is 4.97. The van der Waals surface area contributed by atoms with Crippen LogP contribution < -0.4 is 5.32 Å². The summed E-state index contributed by atoms with van der Waals surface area (Å²) in [6.07, 6.45) is 5.43. The van der Waals surface area contributed by atoms with Crippen molar-refractivity contribution in [3.8, 4) is 0 Å². The van der Waals surface area contributed by atoms with Crippen LogP contribution in [0, 0.1) is 5.92 Å². The summed E-state index contributed by atoms with van der Waals surface area (Å²) in [7, 11) is 0. The Morgan fingerprint density at radius 1 is 1.33 bits per heavy atom.